The van der Waals surface area contributed by atoms with Crippen LogP contribution in [0.4, 0.5) is 5.69 Å². The Kier molecular flexibility index (Phi) is 6.61. The van der Waals surface area contributed by atoms with Crippen molar-refractivity contribution >= 4 is 28.5 Å². The number of fused-ring (bicyclic) bond motifs is 1. The maximum atomic E-state index is 12.6. The number of aromatic nitrogens is 2. The van der Waals surface area contributed by atoms with E-state index in [1.165, 1.54) is 10.9 Å². The van der Waals surface area contributed by atoms with Crippen LogP contribution >= 0.6 is 0 Å². The molecule has 7 heteroatoms. The van der Waals surface area contributed by atoms with Crippen molar-refractivity contribution in [3.63, 3.8) is 0 Å². The molecule has 0 aliphatic carbocycles. The van der Waals surface area contributed by atoms with Crippen LogP contribution in [0.15, 0.2) is 47.5 Å². The number of anilines is 1. The van der Waals surface area contributed by atoms with Gasteiger partial charge in [0.15, 0.2) is 6.61 Å². The standard InChI is InChI=1S/C23H25N3O4/c1-4-17-9-5-7-15(2)21(17)25-19(27)13-30-20(28)11-12-26-14-24-22-16(3)8-6-10-18(22)23(26)29/h5-10,14H,4,11-13H2,1-3H3,(H,25,27). The molecule has 1 aromatic heterocycles. The van der Waals surface area contributed by atoms with Gasteiger partial charge >= 0.3 is 5.97 Å². The highest BCUT2D eigenvalue weighted by Crippen LogP contribution is 2.20. The lowest BCUT2D eigenvalue weighted by molar-refractivity contribution is -0.147. The summed E-state index contributed by atoms with van der Waals surface area (Å²) in [6.45, 7) is 5.57. The van der Waals surface area contributed by atoms with Crippen molar-refractivity contribution < 1.29 is 14.3 Å². The topological polar surface area (TPSA) is 90.3 Å². The van der Waals surface area contributed by atoms with Gasteiger partial charge in [-0.15, -0.1) is 0 Å². The highest BCUT2D eigenvalue weighted by Gasteiger charge is 2.12. The van der Waals surface area contributed by atoms with Crippen molar-refractivity contribution in [1.29, 1.82) is 0 Å². The number of ether oxygens (including phenoxy) is 1. The number of benzene rings is 2. The van der Waals surface area contributed by atoms with E-state index in [1.807, 2.05) is 45.0 Å². The molecule has 0 spiro atoms. The number of aryl methyl sites for hydroxylation is 4. The number of hydrogen-bond acceptors (Lipinski definition) is 5. The number of esters is 1. The van der Waals surface area contributed by atoms with Gasteiger partial charge in [0.2, 0.25) is 0 Å². The highest BCUT2D eigenvalue weighted by molar-refractivity contribution is 5.94. The van der Waals surface area contributed by atoms with Gasteiger partial charge in [0.1, 0.15) is 0 Å². The van der Waals surface area contributed by atoms with Crippen molar-refractivity contribution in [3.05, 3.63) is 69.8 Å². The molecular weight excluding hydrogens is 382 g/mol. The quantitative estimate of drug-likeness (QED) is 0.608. The molecule has 3 aromatic rings. The van der Waals surface area contributed by atoms with Crippen molar-refractivity contribution in [3.8, 4) is 0 Å². The summed E-state index contributed by atoms with van der Waals surface area (Å²) in [5, 5.41) is 3.32. The summed E-state index contributed by atoms with van der Waals surface area (Å²) in [7, 11) is 0. The second-order valence-corrected chi connectivity index (χ2v) is 7.14. The first-order valence-corrected chi connectivity index (χ1v) is 9.89. The molecule has 0 fully saturated rings. The summed E-state index contributed by atoms with van der Waals surface area (Å²) in [5.74, 6) is -0.950. The molecular formula is C23H25N3O4. The van der Waals surface area contributed by atoms with Crippen molar-refractivity contribution in [2.24, 2.45) is 0 Å². The molecule has 0 aliphatic heterocycles. The monoisotopic (exact) mass is 407 g/mol. The predicted molar refractivity (Wildman–Crippen MR) is 116 cm³/mol. The lowest BCUT2D eigenvalue weighted by atomic mass is 10.1. The second-order valence-electron chi connectivity index (χ2n) is 7.14. The minimum absolute atomic E-state index is 0.0310. The van der Waals surface area contributed by atoms with Crippen molar-refractivity contribution in [2.45, 2.75) is 40.2 Å². The number of amides is 1. The van der Waals surface area contributed by atoms with Crippen LogP contribution in [-0.4, -0.2) is 28.0 Å². The van der Waals surface area contributed by atoms with E-state index in [2.05, 4.69) is 10.3 Å². The molecule has 1 heterocycles. The number of hydrogen-bond donors (Lipinski definition) is 1. The van der Waals surface area contributed by atoms with Gasteiger partial charge in [-0.25, -0.2) is 4.98 Å². The van der Waals surface area contributed by atoms with Crippen LogP contribution < -0.4 is 10.9 Å². The third kappa shape index (κ3) is 4.74. The summed E-state index contributed by atoms with van der Waals surface area (Å²) < 4.78 is 6.45. The zero-order valence-electron chi connectivity index (χ0n) is 17.4. The normalized spacial score (nSPS) is 10.8. The molecule has 7 nitrogen and oxygen atoms in total. The molecule has 0 saturated heterocycles. The molecule has 3 rings (SSSR count). The van der Waals surface area contributed by atoms with Crippen LogP contribution in [0.3, 0.4) is 0 Å². The van der Waals surface area contributed by atoms with Crippen LogP contribution in [-0.2, 0) is 27.3 Å². The lowest BCUT2D eigenvalue weighted by Crippen LogP contribution is -2.25. The van der Waals surface area contributed by atoms with E-state index in [0.29, 0.717) is 10.9 Å². The number of carbonyl (C=O) groups excluding carboxylic acids is 2. The second kappa shape index (κ2) is 9.35. The number of carbonyl (C=O) groups is 2. The van der Waals surface area contributed by atoms with Crippen molar-refractivity contribution in [2.75, 3.05) is 11.9 Å². The van der Waals surface area contributed by atoms with E-state index in [1.54, 1.807) is 12.1 Å². The first-order valence-electron chi connectivity index (χ1n) is 9.89. The minimum atomic E-state index is -0.554. The van der Waals surface area contributed by atoms with Crippen molar-refractivity contribution in [1.82, 2.24) is 9.55 Å². The van der Waals surface area contributed by atoms with Crippen LogP contribution in [0, 0.1) is 13.8 Å². The Labute approximate surface area is 174 Å². The first-order chi connectivity index (χ1) is 14.4. The molecule has 0 radical (unpaired) electrons. The molecule has 1 amide bonds. The van der Waals surface area contributed by atoms with E-state index in [9.17, 15) is 14.4 Å². The van der Waals surface area contributed by atoms with E-state index < -0.39 is 11.9 Å². The van der Waals surface area contributed by atoms with Gasteiger partial charge in [-0.05, 0) is 43.0 Å². The molecule has 0 unspecified atom stereocenters. The third-order valence-corrected chi connectivity index (χ3v) is 4.98. The predicted octanol–water partition coefficient (Wildman–Crippen LogP) is 3.15. The molecule has 1 N–H and O–H groups in total. The fourth-order valence-electron chi connectivity index (χ4n) is 3.30. The molecule has 2 aromatic carbocycles. The van der Waals surface area contributed by atoms with Gasteiger partial charge in [-0.1, -0.05) is 37.3 Å². The van der Waals surface area contributed by atoms with Gasteiger partial charge < -0.3 is 10.1 Å². The Hall–Kier alpha value is -3.48. The van der Waals surface area contributed by atoms with E-state index in [4.69, 9.17) is 4.74 Å². The summed E-state index contributed by atoms with van der Waals surface area (Å²) in [4.78, 5) is 41.1. The Morgan fingerprint density at radius 3 is 2.60 bits per heavy atom. The smallest absolute Gasteiger partial charge is 0.308 e. The molecule has 30 heavy (non-hydrogen) atoms. The fraction of sp³-hybridized carbons (Fsp3) is 0.304. The van der Waals surface area contributed by atoms with Gasteiger partial charge in [0, 0.05) is 12.2 Å². The van der Waals surface area contributed by atoms with Crippen LogP contribution in [0.5, 0.6) is 0 Å². The van der Waals surface area contributed by atoms with Gasteiger partial charge in [-0.3, -0.25) is 19.0 Å². The third-order valence-electron chi connectivity index (χ3n) is 4.98. The summed E-state index contributed by atoms with van der Waals surface area (Å²) in [6, 6.07) is 11.2. The largest absolute Gasteiger partial charge is 0.456 e. The number of nitrogens with one attached hydrogen (secondary N) is 1. The maximum absolute atomic E-state index is 12.6. The van der Waals surface area contributed by atoms with Gasteiger partial charge in [0.25, 0.3) is 11.5 Å². The molecule has 0 aliphatic rings. The number of para-hydroxylation sites is 2. The summed E-state index contributed by atoms with van der Waals surface area (Å²) in [6.07, 6.45) is 2.18. The molecule has 0 bridgehead atoms. The Morgan fingerprint density at radius 1 is 1.10 bits per heavy atom. The zero-order valence-corrected chi connectivity index (χ0v) is 17.4. The van der Waals surface area contributed by atoms with E-state index in [0.717, 1.165) is 28.8 Å². The van der Waals surface area contributed by atoms with Crippen LogP contribution in [0.2, 0.25) is 0 Å². The Bertz CT molecular complexity index is 1150. The Morgan fingerprint density at radius 2 is 1.83 bits per heavy atom. The molecule has 0 saturated carbocycles. The summed E-state index contributed by atoms with van der Waals surface area (Å²) >= 11 is 0. The van der Waals surface area contributed by atoms with Gasteiger partial charge in [0.05, 0.1) is 23.7 Å². The maximum Gasteiger partial charge on any atom is 0.308 e. The number of rotatable bonds is 7. The molecule has 156 valence electrons. The molecule has 0 atom stereocenters. The zero-order chi connectivity index (χ0) is 21.7. The lowest BCUT2D eigenvalue weighted by Gasteiger charge is -2.13. The van der Waals surface area contributed by atoms with Crippen LogP contribution in [0.25, 0.3) is 10.9 Å². The fourth-order valence-corrected chi connectivity index (χ4v) is 3.30. The van der Waals surface area contributed by atoms with E-state index >= 15 is 0 Å². The number of nitrogens with zero attached hydrogens (tertiary/aromatic N) is 2. The average Bonchev–Trinajstić information content (AvgIpc) is 2.73. The van der Waals surface area contributed by atoms with Crippen LogP contribution in [0.1, 0.15) is 30.0 Å². The summed E-state index contributed by atoms with van der Waals surface area (Å²) in [5.41, 5.74) is 4.09. The average molecular weight is 407 g/mol. The minimum Gasteiger partial charge on any atom is -0.456 e. The highest BCUT2D eigenvalue weighted by atomic mass is 16.5. The Balaban J connectivity index is 1.56. The SMILES string of the molecule is CCc1cccc(C)c1NC(=O)COC(=O)CCn1cnc2c(C)cccc2c1=O. The van der Waals surface area contributed by atoms with Gasteiger partial charge in [-0.2, -0.15) is 0 Å². The first kappa shape index (κ1) is 21.2. The van der Waals surface area contributed by atoms with E-state index in [-0.39, 0.29) is 25.1 Å².